The first-order chi connectivity index (χ1) is 13.0. The molecule has 0 aliphatic heterocycles. The summed E-state index contributed by atoms with van der Waals surface area (Å²) >= 11 is 14.1. The molecule has 140 valence electrons. The second-order valence-electron chi connectivity index (χ2n) is 5.10. The Morgan fingerprint density at radius 1 is 1.19 bits per heavy atom. The number of anilines is 1. The number of thioether (sulfide) groups is 1. The van der Waals surface area contributed by atoms with E-state index in [2.05, 4.69) is 20.8 Å². The summed E-state index contributed by atoms with van der Waals surface area (Å²) < 4.78 is 5.70. The highest BCUT2D eigenvalue weighted by Crippen LogP contribution is 2.27. The zero-order valence-corrected chi connectivity index (χ0v) is 16.7. The lowest BCUT2D eigenvalue weighted by Gasteiger charge is -2.02. The van der Waals surface area contributed by atoms with Crippen molar-refractivity contribution in [1.82, 2.24) is 15.5 Å². The summed E-state index contributed by atoms with van der Waals surface area (Å²) in [6.45, 7) is 0.327. The molecular weight excluding hydrogens is 431 g/mol. The Labute approximate surface area is 172 Å². The van der Waals surface area contributed by atoms with E-state index in [0.717, 1.165) is 0 Å². The van der Waals surface area contributed by atoms with E-state index in [-0.39, 0.29) is 17.6 Å². The van der Waals surface area contributed by atoms with Gasteiger partial charge in [-0.25, -0.2) is 0 Å². The number of nitrogens with zero attached hydrogens (tertiary/aromatic N) is 2. The first-order valence-electron chi connectivity index (χ1n) is 7.53. The Hall–Kier alpha value is -2.07. The van der Waals surface area contributed by atoms with Gasteiger partial charge in [0.2, 0.25) is 11.0 Å². The lowest BCUT2D eigenvalue weighted by molar-refractivity contribution is -0.118. The Kier molecular flexibility index (Phi) is 6.73. The predicted octanol–water partition coefficient (Wildman–Crippen LogP) is 4.10. The molecule has 3 rings (SSSR count). The maximum absolute atomic E-state index is 12.2. The lowest BCUT2D eigenvalue weighted by atomic mass is 10.2. The van der Waals surface area contributed by atoms with Crippen LogP contribution >= 0.6 is 46.3 Å². The Bertz CT molecular complexity index is 947. The molecule has 0 bridgehead atoms. The van der Waals surface area contributed by atoms with E-state index < -0.39 is 0 Å². The topological polar surface area (TPSA) is 97.1 Å². The minimum atomic E-state index is -0.377. The highest BCUT2D eigenvalue weighted by Gasteiger charge is 2.13. The van der Waals surface area contributed by atoms with Crippen LogP contribution in [0.4, 0.5) is 5.13 Å². The van der Waals surface area contributed by atoms with E-state index in [1.54, 1.807) is 30.5 Å². The largest absolute Gasteiger partial charge is 0.467 e. The van der Waals surface area contributed by atoms with Crippen molar-refractivity contribution in [2.45, 2.75) is 10.9 Å². The quantitative estimate of drug-likeness (QED) is 0.422. The third-order valence-corrected chi connectivity index (χ3v) is 5.89. The summed E-state index contributed by atoms with van der Waals surface area (Å²) in [4.78, 5) is 24.0. The number of furan rings is 1. The molecule has 2 aromatic heterocycles. The first-order valence-corrected chi connectivity index (χ1v) is 10.1. The molecule has 27 heavy (non-hydrogen) atoms. The average molecular weight is 443 g/mol. The van der Waals surface area contributed by atoms with Crippen molar-refractivity contribution < 1.29 is 14.0 Å². The first kappa shape index (κ1) is 19.7. The zero-order valence-electron chi connectivity index (χ0n) is 13.6. The van der Waals surface area contributed by atoms with Crippen LogP contribution in [0.3, 0.4) is 0 Å². The fourth-order valence-electron chi connectivity index (χ4n) is 1.90. The van der Waals surface area contributed by atoms with E-state index in [0.29, 0.717) is 37.4 Å². The van der Waals surface area contributed by atoms with Gasteiger partial charge >= 0.3 is 0 Å². The molecule has 7 nitrogen and oxygen atoms in total. The molecule has 0 saturated carbocycles. The van der Waals surface area contributed by atoms with E-state index in [1.807, 2.05) is 0 Å². The Balaban J connectivity index is 1.48. The molecule has 0 aliphatic rings. The van der Waals surface area contributed by atoms with Gasteiger partial charge in [-0.15, -0.1) is 10.2 Å². The normalized spacial score (nSPS) is 10.6. The number of hydrogen-bond donors (Lipinski definition) is 2. The Morgan fingerprint density at radius 3 is 2.78 bits per heavy atom. The number of halogens is 2. The summed E-state index contributed by atoms with van der Waals surface area (Å²) in [5.74, 6) is 0.317. The number of benzene rings is 1. The van der Waals surface area contributed by atoms with Crippen LogP contribution in [0.1, 0.15) is 16.1 Å². The van der Waals surface area contributed by atoms with Gasteiger partial charge in [-0.2, -0.15) is 0 Å². The van der Waals surface area contributed by atoms with Crippen LogP contribution in [0.15, 0.2) is 45.4 Å². The minimum Gasteiger partial charge on any atom is -0.467 e. The van der Waals surface area contributed by atoms with Gasteiger partial charge in [0.05, 0.1) is 28.6 Å². The fourth-order valence-corrected chi connectivity index (χ4v) is 3.78. The highest BCUT2D eigenvalue weighted by atomic mass is 35.5. The highest BCUT2D eigenvalue weighted by molar-refractivity contribution is 8.01. The molecule has 0 atom stereocenters. The van der Waals surface area contributed by atoms with Crippen LogP contribution in [-0.2, 0) is 11.3 Å². The molecule has 3 aromatic rings. The number of hydrogen-bond acceptors (Lipinski definition) is 7. The molecule has 0 fully saturated rings. The summed E-state index contributed by atoms with van der Waals surface area (Å²) in [6.07, 6.45) is 1.55. The van der Waals surface area contributed by atoms with Crippen LogP contribution < -0.4 is 10.6 Å². The van der Waals surface area contributed by atoms with Crippen molar-refractivity contribution >= 4 is 63.2 Å². The van der Waals surface area contributed by atoms with Gasteiger partial charge < -0.3 is 9.73 Å². The van der Waals surface area contributed by atoms with Crippen molar-refractivity contribution in [2.75, 3.05) is 11.1 Å². The smallest absolute Gasteiger partial charge is 0.257 e. The molecule has 11 heteroatoms. The van der Waals surface area contributed by atoms with Crippen molar-refractivity contribution in [3.05, 3.63) is 58.0 Å². The summed E-state index contributed by atoms with van der Waals surface area (Å²) in [5.41, 5.74) is 0.353. The lowest BCUT2D eigenvalue weighted by Crippen LogP contribution is -2.24. The summed E-state index contributed by atoms with van der Waals surface area (Å²) in [7, 11) is 0. The van der Waals surface area contributed by atoms with Gasteiger partial charge in [0.15, 0.2) is 4.34 Å². The van der Waals surface area contributed by atoms with Crippen molar-refractivity contribution in [1.29, 1.82) is 0 Å². The van der Waals surface area contributed by atoms with Crippen LogP contribution in [0.25, 0.3) is 0 Å². The number of aromatic nitrogens is 2. The van der Waals surface area contributed by atoms with Crippen LogP contribution in [0.2, 0.25) is 10.0 Å². The van der Waals surface area contributed by atoms with E-state index in [9.17, 15) is 9.59 Å². The molecule has 2 amide bonds. The molecular formula is C16H12Cl2N4O3S2. The molecule has 0 aliphatic carbocycles. The summed E-state index contributed by atoms with van der Waals surface area (Å²) in [5, 5.41) is 14.2. The van der Waals surface area contributed by atoms with Gasteiger partial charge in [0.1, 0.15) is 5.76 Å². The SMILES string of the molecule is O=C(CSc1nnc(NC(=O)c2ccc(Cl)c(Cl)c2)s1)NCc1ccco1. The molecule has 0 radical (unpaired) electrons. The zero-order chi connectivity index (χ0) is 19.2. The van der Waals surface area contributed by atoms with Crippen LogP contribution in [0, 0.1) is 0 Å². The van der Waals surface area contributed by atoms with Gasteiger partial charge in [-0.1, -0.05) is 46.3 Å². The average Bonchev–Trinajstić information content (AvgIpc) is 3.32. The van der Waals surface area contributed by atoms with E-state index in [1.165, 1.54) is 29.2 Å². The number of carbonyl (C=O) groups excluding carboxylic acids is 2. The maximum Gasteiger partial charge on any atom is 0.257 e. The number of carbonyl (C=O) groups is 2. The second-order valence-corrected chi connectivity index (χ2v) is 8.12. The number of amides is 2. The maximum atomic E-state index is 12.2. The third kappa shape index (κ3) is 5.70. The van der Waals surface area contributed by atoms with Crippen LogP contribution in [-0.4, -0.2) is 27.8 Å². The van der Waals surface area contributed by atoms with Gasteiger partial charge in [-0.3, -0.25) is 14.9 Å². The van der Waals surface area contributed by atoms with Crippen molar-refractivity contribution in [3.8, 4) is 0 Å². The monoisotopic (exact) mass is 442 g/mol. The van der Waals surface area contributed by atoms with Gasteiger partial charge in [0.25, 0.3) is 5.91 Å². The predicted molar refractivity (Wildman–Crippen MR) is 106 cm³/mol. The third-order valence-electron chi connectivity index (χ3n) is 3.18. The summed E-state index contributed by atoms with van der Waals surface area (Å²) in [6, 6.07) is 8.11. The van der Waals surface area contributed by atoms with E-state index >= 15 is 0 Å². The number of rotatable bonds is 7. The minimum absolute atomic E-state index is 0.159. The molecule has 2 N–H and O–H groups in total. The molecule has 2 heterocycles. The molecule has 1 aromatic carbocycles. The molecule has 0 unspecified atom stereocenters. The van der Waals surface area contributed by atoms with Crippen LogP contribution in [0.5, 0.6) is 0 Å². The van der Waals surface area contributed by atoms with Gasteiger partial charge in [-0.05, 0) is 30.3 Å². The molecule has 0 spiro atoms. The number of nitrogens with one attached hydrogen (secondary N) is 2. The van der Waals surface area contributed by atoms with Crippen molar-refractivity contribution in [3.63, 3.8) is 0 Å². The Morgan fingerprint density at radius 2 is 2.04 bits per heavy atom. The fraction of sp³-hybridized carbons (Fsp3) is 0.125. The second kappa shape index (κ2) is 9.23. The van der Waals surface area contributed by atoms with Crippen molar-refractivity contribution in [2.24, 2.45) is 0 Å². The standard InChI is InChI=1S/C16H12Cl2N4O3S2/c17-11-4-3-9(6-12(11)18)14(24)20-15-21-22-16(27-15)26-8-13(23)19-7-10-2-1-5-25-10/h1-6H,7-8H2,(H,19,23)(H,20,21,24). The van der Waals surface area contributed by atoms with E-state index in [4.69, 9.17) is 27.6 Å². The molecule has 0 saturated heterocycles. The van der Waals surface area contributed by atoms with Gasteiger partial charge in [0, 0.05) is 5.56 Å².